The molecule has 126 valence electrons. The van der Waals surface area contributed by atoms with Gasteiger partial charge in [-0.2, -0.15) is 0 Å². The normalized spacial score (nSPS) is 17.0. The molecule has 0 bridgehead atoms. The van der Waals surface area contributed by atoms with Crippen molar-refractivity contribution in [2.24, 2.45) is 0 Å². The highest BCUT2D eigenvalue weighted by molar-refractivity contribution is 6.31. The summed E-state index contributed by atoms with van der Waals surface area (Å²) < 4.78 is 1.80. The van der Waals surface area contributed by atoms with Gasteiger partial charge in [-0.1, -0.05) is 29.8 Å². The molecule has 2 heterocycles. The van der Waals surface area contributed by atoms with Crippen molar-refractivity contribution in [3.8, 4) is 5.69 Å². The van der Waals surface area contributed by atoms with Crippen LogP contribution >= 0.6 is 11.6 Å². The Balaban J connectivity index is 1.48. The third-order valence-electron chi connectivity index (χ3n) is 4.65. The Bertz CT molecular complexity index is 877. The molecule has 5 nitrogen and oxygen atoms in total. The minimum atomic E-state index is 0.0601. The first-order chi connectivity index (χ1) is 12.2. The lowest BCUT2D eigenvalue weighted by Gasteiger charge is -2.17. The number of nitrogens with zero attached hydrogens (tertiary/aromatic N) is 4. The Hall–Kier alpha value is -2.66. The summed E-state index contributed by atoms with van der Waals surface area (Å²) in [5, 5.41) is 8.36. The van der Waals surface area contributed by atoms with Crippen LogP contribution in [-0.2, 0) is 0 Å². The van der Waals surface area contributed by atoms with Gasteiger partial charge < -0.3 is 4.90 Å². The van der Waals surface area contributed by atoms with Crippen LogP contribution in [0.4, 0.5) is 0 Å². The maximum atomic E-state index is 12.8. The number of likely N-dealkylation sites (tertiary alicyclic amines) is 1. The van der Waals surface area contributed by atoms with E-state index in [2.05, 4.69) is 16.3 Å². The zero-order valence-corrected chi connectivity index (χ0v) is 14.3. The molecule has 1 atom stereocenters. The highest BCUT2D eigenvalue weighted by Gasteiger charge is 2.28. The fourth-order valence-electron chi connectivity index (χ4n) is 3.30. The average molecular weight is 353 g/mol. The van der Waals surface area contributed by atoms with E-state index < -0.39 is 0 Å². The maximum Gasteiger partial charge on any atom is 0.253 e. The molecule has 0 unspecified atom stereocenters. The lowest BCUT2D eigenvalue weighted by atomic mass is 9.98. The highest BCUT2D eigenvalue weighted by Crippen LogP contribution is 2.32. The van der Waals surface area contributed by atoms with Gasteiger partial charge in [-0.25, -0.2) is 0 Å². The fourth-order valence-corrected chi connectivity index (χ4v) is 3.59. The molecule has 3 aromatic rings. The predicted octanol–water partition coefficient (Wildman–Crippen LogP) is 3.55. The molecule has 0 aliphatic carbocycles. The first kappa shape index (κ1) is 15.8. The van der Waals surface area contributed by atoms with E-state index in [1.165, 1.54) is 0 Å². The van der Waals surface area contributed by atoms with Crippen LogP contribution in [0.5, 0.6) is 0 Å². The molecule has 0 saturated carbocycles. The quantitative estimate of drug-likeness (QED) is 0.724. The summed E-state index contributed by atoms with van der Waals surface area (Å²) >= 11 is 6.30. The Morgan fingerprint density at radius 3 is 2.48 bits per heavy atom. The minimum absolute atomic E-state index is 0.0601. The number of carbonyl (C=O) groups is 1. The van der Waals surface area contributed by atoms with Gasteiger partial charge in [-0.15, -0.1) is 10.2 Å². The van der Waals surface area contributed by atoms with E-state index in [-0.39, 0.29) is 5.91 Å². The minimum Gasteiger partial charge on any atom is -0.338 e. The zero-order chi connectivity index (χ0) is 17.2. The van der Waals surface area contributed by atoms with Crippen LogP contribution < -0.4 is 0 Å². The third kappa shape index (κ3) is 3.15. The molecule has 1 saturated heterocycles. The van der Waals surface area contributed by atoms with Gasteiger partial charge in [-0.3, -0.25) is 9.36 Å². The smallest absolute Gasteiger partial charge is 0.253 e. The molecule has 0 N–H and O–H groups in total. The van der Waals surface area contributed by atoms with Gasteiger partial charge in [0.15, 0.2) is 0 Å². The van der Waals surface area contributed by atoms with Gasteiger partial charge in [0.2, 0.25) is 0 Å². The summed E-state index contributed by atoms with van der Waals surface area (Å²) in [4.78, 5) is 14.7. The summed E-state index contributed by atoms with van der Waals surface area (Å²) in [5.41, 5.74) is 2.75. The topological polar surface area (TPSA) is 51.0 Å². The van der Waals surface area contributed by atoms with Crippen LogP contribution in [0.3, 0.4) is 0 Å². The second-order valence-electron chi connectivity index (χ2n) is 6.17. The van der Waals surface area contributed by atoms with Crippen LogP contribution in [0.2, 0.25) is 5.02 Å². The standard InChI is InChI=1S/C19H17ClN4O/c20-18-4-2-1-3-17(18)15-9-10-23(11-15)19(25)14-5-7-16(8-6-14)24-12-21-22-13-24/h1-8,12-13,15H,9-11H2/t15-/m1/s1. The summed E-state index contributed by atoms with van der Waals surface area (Å²) in [5.74, 6) is 0.360. The van der Waals surface area contributed by atoms with E-state index in [4.69, 9.17) is 11.6 Å². The lowest BCUT2D eigenvalue weighted by Crippen LogP contribution is -2.28. The molecule has 2 aromatic carbocycles. The Labute approximate surface area is 150 Å². The Morgan fingerprint density at radius 1 is 1.04 bits per heavy atom. The van der Waals surface area contributed by atoms with Crippen molar-refractivity contribution >= 4 is 17.5 Å². The highest BCUT2D eigenvalue weighted by atomic mass is 35.5. The van der Waals surface area contributed by atoms with E-state index in [0.717, 1.165) is 29.2 Å². The van der Waals surface area contributed by atoms with Gasteiger partial charge in [0.05, 0.1) is 0 Å². The van der Waals surface area contributed by atoms with E-state index >= 15 is 0 Å². The molecule has 4 rings (SSSR count). The summed E-state index contributed by atoms with van der Waals surface area (Å²) in [6.07, 6.45) is 4.20. The van der Waals surface area contributed by atoms with Gasteiger partial charge in [-0.05, 0) is 42.3 Å². The largest absolute Gasteiger partial charge is 0.338 e. The van der Waals surface area contributed by atoms with Crippen molar-refractivity contribution in [2.75, 3.05) is 13.1 Å². The van der Waals surface area contributed by atoms with E-state index in [1.54, 1.807) is 17.2 Å². The van der Waals surface area contributed by atoms with Crippen LogP contribution in [0.1, 0.15) is 28.3 Å². The van der Waals surface area contributed by atoms with Crippen LogP contribution in [0, 0.1) is 0 Å². The zero-order valence-electron chi connectivity index (χ0n) is 13.5. The molecule has 25 heavy (non-hydrogen) atoms. The third-order valence-corrected chi connectivity index (χ3v) is 5.00. The molecule has 1 fully saturated rings. The number of amides is 1. The lowest BCUT2D eigenvalue weighted by molar-refractivity contribution is 0.0791. The average Bonchev–Trinajstić information content (AvgIpc) is 3.34. The first-order valence-electron chi connectivity index (χ1n) is 8.21. The molecule has 0 radical (unpaired) electrons. The number of benzene rings is 2. The number of hydrogen-bond donors (Lipinski definition) is 0. The van der Waals surface area contributed by atoms with Crippen LogP contribution in [0.25, 0.3) is 5.69 Å². The molecule has 1 amide bonds. The number of carbonyl (C=O) groups excluding carboxylic acids is 1. The predicted molar refractivity (Wildman–Crippen MR) is 96.1 cm³/mol. The van der Waals surface area contributed by atoms with Crippen molar-refractivity contribution in [2.45, 2.75) is 12.3 Å². The summed E-state index contributed by atoms with van der Waals surface area (Å²) in [6, 6.07) is 15.4. The molecule has 0 spiro atoms. The molecule has 1 aliphatic rings. The van der Waals surface area contributed by atoms with Crippen molar-refractivity contribution < 1.29 is 4.79 Å². The summed E-state index contributed by atoms with van der Waals surface area (Å²) in [7, 11) is 0. The van der Waals surface area contributed by atoms with Gasteiger partial charge in [0, 0.05) is 35.3 Å². The van der Waals surface area contributed by atoms with E-state index in [0.29, 0.717) is 18.0 Å². The number of halogens is 1. The summed E-state index contributed by atoms with van der Waals surface area (Å²) in [6.45, 7) is 1.46. The van der Waals surface area contributed by atoms with Gasteiger partial charge in [0.1, 0.15) is 12.7 Å². The SMILES string of the molecule is O=C(c1ccc(-n2cnnc2)cc1)N1CC[C@@H](c2ccccc2Cl)C1. The monoisotopic (exact) mass is 352 g/mol. The molecule has 1 aromatic heterocycles. The van der Waals surface area contributed by atoms with E-state index in [9.17, 15) is 4.79 Å². The molecular weight excluding hydrogens is 336 g/mol. The maximum absolute atomic E-state index is 12.8. The Kier molecular flexibility index (Phi) is 4.24. The number of aromatic nitrogens is 3. The number of rotatable bonds is 3. The second kappa shape index (κ2) is 6.69. The van der Waals surface area contributed by atoms with Gasteiger partial charge >= 0.3 is 0 Å². The first-order valence-corrected chi connectivity index (χ1v) is 8.59. The fraction of sp³-hybridized carbons (Fsp3) is 0.211. The van der Waals surface area contributed by atoms with Crippen molar-refractivity contribution in [3.63, 3.8) is 0 Å². The van der Waals surface area contributed by atoms with Gasteiger partial charge in [0.25, 0.3) is 5.91 Å². The van der Waals surface area contributed by atoms with Crippen molar-refractivity contribution in [1.82, 2.24) is 19.7 Å². The van der Waals surface area contributed by atoms with E-state index in [1.807, 2.05) is 47.4 Å². The number of hydrogen-bond acceptors (Lipinski definition) is 3. The Morgan fingerprint density at radius 2 is 1.76 bits per heavy atom. The van der Waals surface area contributed by atoms with Crippen molar-refractivity contribution in [3.05, 3.63) is 77.3 Å². The molecule has 6 heteroatoms. The van der Waals surface area contributed by atoms with Crippen molar-refractivity contribution in [1.29, 1.82) is 0 Å². The molecule has 1 aliphatic heterocycles. The van der Waals surface area contributed by atoms with Crippen LogP contribution in [0.15, 0.2) is 61.2 Å². The second-order valence-corrected chi connectivity index (χ2v) is 6.58. The van der Waals surface area contributed by atoms with Crippen LogP contribution in [-0.4, -0.2) is 38.7 Å². The molecular formula is C19H17ClN4O.